The number of amides is 1. The topological polar surface area (TPSA) is 63.2 Å². The summed E-state index contributed by atoms with van der Waals surface area (Å²) in [7, 11) is -3.66. The van der Waals surface area contributed by atoms with Crippen molar-refractivity contribution in [2.75, 3.05) is 5.75 Å². The molecule has 2 aromatic rings. The van der Waals surface area contributed by atoms with E-state index in [-0.39, 0.29) is 10.9 Å². The Kier molecular flexibility index (Phi) is 6.40. The third kappa shape index (κ3) is 5.65. The number of carbonyl (C=O) groups is 1. The molecule has 0 spiro atoms. The van der Waals surface area contributed by atoms with E-state index in [2.05, 4.69) is 5.32 Å². The highest BCUT2D eigenvalue weighted by Crippen LogP contribution is 2.15. The van der Waals surface area contributed by atoms with Crippen molar-refractivity contribution in [3.8, 4) is 0 Å². The van der Waals surface area contributed by atoms with Gasteiger partial charge in [0.15, 0.2) is 9.84 Å². The van der Waals surface area contributed by atoms with Gasteiger partial charge in [-0.2, -0.15) is 0 Å². The van der Waals surface area contributed by atoms with Crippen LogP contribution in [0.25, 0.3) is 0 Å². The van der Waals surface area contributed by atoms with Gasteiger partial charge in [-0.25, -0.2) is 8.42 Å². The molecule has 0 fully saturated rings. The Balaban J connectivity index is 1.86. The monoisotopic (exact) mass is 365 g/mol. The highest BCUT2D eigenvalue weighted by molar-refractivity contribution is 7.92. The zero-order valence-electron chi connectivity index (χ0n) is 13.4. The highest BCUT2D eigenvalue weighted by Gasteiger charge is 2.20. The number of hydrogen-bond acceptors (Lipinski definition) is 3. The molecule has 0 heterocycles. The summed E-state index contributed by atoms with van der Waals surface area (Å²) in [5.41, 5.74) is 1.19. The molecule has 0 aliphatic carbocycles. The lowest BCUT2D eigenvalue weighted by atomic mass is 10.1. The Hall–Kier alpha value is -1.85. The van der Waals surface area contributed by atoms with Crippen molar-refractivity contribution in [2.45, 2.75) is 30.7 Å². The molecule has 0 saturated carbocycles. The summed E-state index contributed by atoms with van der Waals surface area (Å²) in [6, 6.07) is 15.7. The maximum Gasteiger partial charge on any atom is 0.235 e. The summed E-state index contributed by atoms with van der Waals surface area (Å²) < 4.78 is 24.4. The van der Waals surface area contributed by atoms with Crippen LogP contribution in [0.5, 0.6) is 0 Å². The van der Waals surface area contributed by atoms with Gasteiger partial charge >= 0.3 is 0 Å². The molecule has 1 atom stereocenters. The number of benzene rings is 2. The number of carbonyl (C=O) groups excluding carboxylic acids is 1. The van der Waals surface area contributed by atoms with Crippen LogP contribution in [0.4, 0.5) is 0 Å². The Morgan fingerprint density at radius 1 is 1.08 bits per heavy atom. The van der Waals surface area contributed by atoms with E-state index in [0.29, 0.717) is 5.02 Å². The normalized spacial score (nSPS) is 12.6. The maximum absolute atomic E-state index is 12.2. The van der Waals surface area contributed by atoms with E-state index in [1.165, 1.54) is 29.8 Å². The predicted molar refractivity (Wildman–Crippen MR) is 95.9 cm³/mol. The van der Waals surface area contributed by atoms with E-state index in [1.54, 1.807) is 0 Å². The first-order valence-corrected chi connectivity index (χ1v) is 9.71. The fraction of sp³-hybridized carbons (Fsp3) is 0.278. The van der Waals surface area contributed by atoms with Gasteiger partial charge in [0, 0.05) is 11.1 Å². The van der Waals surface area contributed by atoms with Crippen molar-refractivity contribution in [3.05, 3.63) is 65.2 Å². The predicted octanol–water partition coefficient (Wildman–Crippen LogP) is 3.25. The third-order valence-corrected chi connectivity index (χ3v) is 5.49. The van der Waals surface area contributed by atoms with Crippen molar-refractivity contribution < 1.29 is 13.2 Å². The highest BCUT2D eigenvalue weighted by atomic mass is 35.5. The molecule has 128 valence electrons. The molecule has 1 amide bonds. The van der Waals surface area contributed by atoms with Crippen LogP contribution in [0.15, 0.2) is 59.5 Å². The molecule has 24 heavy (non-hydrogen) atoms. The van der Waals surface area contributed by atoms with Crippen LogP contribution in [0.2, 0.25) is 5.02 Å². The van der Waals surface area contributed by atoms with Gasteiger partial charge in [0.2, 0.25) is 5.91 Å². The van der Waals surface area contributed by atoms with Crippen molar-refractivity contribution >= 4 is 27.3 Å². The lowest BCUT2D eigenvalue weighted by Gasteiger charge is -2.14. The Morgan fingerprint density at radius 2 is 1.71 bits per heavy atom. The number of hydrogen-bond donors (Lipinski definition) is 1. The number of nitrogens with one attached hydrogen (secondary N) is 1. The second-order valence-corrected chi connectivity index (χ2v) is 8.13. The van der Waals surface area contributed by atoms with Crippen molar-refractivity contribution in [1.29, 1.82) is 0 Å². The maximum atomic E-state index is 12.2. The SMILES string of the molecule is CC(CCc1ccccc1)NC(=O)CS(=O)(=O)c1ccc(Cl)cc1. The van der Waals surface area contributed by atoms with E-state index < -0.39 is 21.5 Å². The Labute approximate surface area is 147 Å². The average Bonchev–Trinajstić information content (AvgIpc) is 2.53. The first-order valence-electron chi connectivity index (χ1n) is 7.68. The summed E-state index contributed by atoms with van der Waals surface area (Å²) in [6.07, 6.45) is 1.57. The summed E-state index contributed by atoms with van der Waals surface area (Å²) in [5, 5.41) is 3.20. The first-order chi connectivity index (χ1) is 11.4. The van der Waals surface area contributed by atoms with Crippen molar-refractivity contribution in [1.82, 2.24) is 5.32 Å². The molecule has 0 aromatic heterocycles. The van der Waals surface area contributed by atoms with E-state index in [4.69, 9.17) is 11.6 Å². The van der Waals surface area contributed by atoms with Crippen LogP contribution in [0.3, 0.4) is 0 Å². The molecule has 6 heteroatoms. The fourth-order valence-corrected chi connectivity index (χ4v) is 3.59. The minimum absolute atomic E-state index is 0.0963. The summed E-state index contributed by atoms with van der Waals surface area (Å²) in [5.74, 6) is -1.06. The molecule has 0 aliphatic heterocycles. The quantitative estimate of drug-likeness (QED) is 0.819. The number of rotatable bonds is 7. The lowest BCUT2D eigenvalue weighted by Crippen LogP contribution is -2.37. The van der Waals surface area contributed by atoms with Gasteiger partial charge in [0.25, 0.3) is 0 Å². The van der Waals surface area contributed by atoms with Crippen molar-refractivity contribution in [2.24, 2.45) is 0 Å². The molecule has 2 rings (SSSR count). The molecule has 0 aliphatic rings. The molecule has 2 aromatic carbocycles. The number of sulfone groups is 1. The molecular weight excluding hydrogens is 346 g/mol. The van der Waals surface area contributed by atoms with Crippen LogP contribution in [-0.2, 0) is 21.1 Å². The van der Waals surface area contributed by atoms with Gasteiger partial charge in [-0.15, -0.1) is 0 Å². The van der Waals surface area contributed by atoms with Gasteiger partial charge in [-0.3, -0.25) is 4.79 Å². The molecule has 4 nitrogen and oxygen atoms in total. The average molecular weight is 366 g/mol. The van der Waals surface area contributed by atoms with E-state index in [0.717, 1.165) is 12.8 Å². The van der Waals surface area contributed by atoms with E-state index in [1.807, 2.05) is 37.3 Å². The van der Waals surface area contributed by atoms with Gasteiger partial charge in [-0.1, -0.05) is 41.9 Å². The summed E-state index contributed by atoms with van der Waals surface area (Å²) >= 11 is 5.75. The zero-order chi connectivity index (χ0) is 17.6. The minimum atomic E-state index is -3.66. The standard InChI is InChI=1S/C18H20ClNO3S/c1-14(7-8-15-5-3-2-4-6-15)20-18(21)13-24(22,23)17-11-9-16(19)10-12-17/h2-6,9-12,14H,7-8,13H2,1H3,(H,20,21). The van der Waals surface area contributed by atoms with Gasteiger partial charge in [-0.05, 0) is 49.6 Å². The first kappa shape index (κ1) is 18.5. The van der Waals surface area contributed by atoms with Crippen LogP contribution in [-0.4, -0.2) is 26.1 Å². The second-order valence-electron chi connectivity index (χ2n) is 5.71. The van der Waals surface area contributed by atoms with E-state index in [9.17, 15) is 13.2 Å². The molecule has 0 bridgehead atoms. The van der Waals surface area contributed by atoms with Crippen LogP contribution < -0.4 is 5.32 Å². The number of halogens is 1. The van der Waals surface area contributed by atoms with Gasteiger partial charge in [0.1, 0.15) is 5.75 Å². The van der Waals surface area contributed by atoms with Gasteiger partial charge in [0.05, 0.1) is 4.90 Å². The molecule has 1 N–H and O–H groups in total. The van der Waals surface area contributed by atoms with Gasteiger partial charge < -0.3 is 5.32 Å². The molecule has 1 unspecified atom stereocenters. The zero-order valence-corrected chi connectivity index (χ0v) is 15.0. The lowest BCUT2D eigenvalue weighted by molar-refractivity contribution is -0.119. The van der Waals surface area contributed by atoms with E-state index >= 15 is 0 Å². The Morgan fingerprint density at radius 3 is 2.33 bits per heavy atom. The largest absolute Gasteiger partial charge is 0.353 e. The molecular formula is C18H20ClNO3S. The van der Waals surface area contributed by atoms with Crippen LogP contribution >= 0.6 is 11.6 Å². The Bertz CT molecular complexity index is 774. The minimum Gasteiger partial charge on any atom is -0.353 e. The van der Waals surface area contributed by atoms with Crippen LogP contribution in [0.1, 0.15) is 18.9 Å². The smallest absolute Gasteiger partial charge is 0.235 e. The molecule has 0 saturated heterocycles. The fourth-order valence-electron chi connectivity index (χ4n) is 2.31. The second kappa shape index (κ2) is 8.31. The summed E-state index contributed by atoms with van der Waals surface area (Å²) in [4.78, 5) is 12.1. The molecule has 0 radical (unpaired) electrons. The number of aryl methyl sites for hydroxylation is 1. The summed E-state index contributed by atoms with van der Waals surface area (Å²) in [6.45, 7) is 1.87. The van der Waals surface area contributed by atoms with Crippen molar-refractivity contribution in [3.63, 3.8) is 0 Å². The third-order valence-electron chi connectivity index (χ3n) is 3.61. The van der Waals surface area contributed by atoms with Crippen LogP contribution in [0, 0.1) is 0 Å².